The van der Waals surface area contributed by atoms with E-state index in [2.05, 4.69) is 4.90 Å². The maximum atomic E-state index is 12.0. The average molecular weight is 371 g/mol. The normalized spacial score (nSPS) is 18.0. The van der Waals surface area contributed by atoms with E-state index < -0.39 is 11.9 Å². The zero-order valence-electron chi connectivity index (χ0n) is 14.5. The highest BCUT2D eigenvalue weighted by atomic mass is 16.4. The summed E-state index contributed by atoms with van der Waals surface area (Å²) in [7, 11) is 0. The van der Waals surface area contributed by atoms with Crippen LogP contribution < -0.4 is 0 Å². The van der Waals surface area contributed by atoms with Crippen LogP contribution in [0.25, 0.3) is 0 Å². The summed E-state index contributed by atoms with van der Waals surface area (Å²) in [5.41, 5.74) is 0. The van der Waals surface area contributed by atoms with Gasteiger partial charge in [0.1, 0.15) is 0 Å². The van der Waals surface area contributed by atoms with Crippen LogP contribution in [0.15, 0.2) is 12.2 Å². The number of piperazine rings is 1. The highest BCUT2D eigenvalue weighted by Crippen LogP contribution is 2.10. The molecule has 26 heavy (non-hydrogen) atoms. The number of aliphatic hydroxyl groups excluding tert-OH is 1. The maximum Gasteiger partial charge on any atom is 0.328 e. The van der Waals surface area contributed by atoms with Crippen molar-refractivity contribution >= 4 is 23.8 Å². The minimum Gasteiger partial charge on any atom is -0.478 e. The molecule has 2 aliphatic rings. The first kappa shape index (κ1) is 21.6. The number of hydrogen-bond acceptors (Lipinski definition) is 6. The number of rotatable bonds is 6. The van der Waals surface area contributed by atoms with Gasteiger partial charge < -0.3 is 25.1 Å². The Kier molecular flexibility index (Phi) is 9.31. The fraction of sp³-hybridized carbons (Fsp3) is 0.625. The molecular weight excluding hydrogens is 346 g/mol. The van der Waals surface area contributed by atoms with Crippen molar-refractivity contribution in [2.45, 2.75) is 12.8 Å². The lowest BCUT2D eigenvalue weighted by atomic mass is 10.3. The van der Waals surface area contributed by atoms with E-state index >= 15 is 0 Å². The van der Waals surface area contributed by atoms with Crippen molar-refractivity contribution in [3.05, 3.63) is 12.2 Å². The number of β-amino-alcohol motifs (C(OH)–C–C–N with tert-alkyl or cyclic N) is 1. The molecule has 0 atom stereocenters. The Balaban J connectivity index is 0.000000359. The summed E-state index contributed by atoms with van der Waals surface area (Å²) < 4.78 is 0. The highest BCUT2D eigenvalue weighted by Gasteiger charge is 2.26. The predicted octanol–water partition coefficient (Wildman–Crippen LogP) is -1.54. The lowest BCUT2D eigenvalue weighted by Gasteiger charge is -2.35. The Morgan fingerprint density at radius 3 is 1.96 bits per heavy atom. The van der Waals surface area contributed by atoms with Gasteiger partial charge in [-0.2, -0.15) is 0 Å². The molecule has 0 unspecified atom stereocenters. The van der Waals surface area contributed by atoms with Gasteiger partial charge in [-0.1, -0.05) is 0 Å². The second-order valence-electron chi connectivity index (χ2n) is 5.87. The topological polar surface area (TPSA) is 139 Å². The van der Waals surface area contributed by atoms with E-state index in [0.29, 0.717) is 38.2 Å². The number of hydrogen-bond donors (Lipinski definition) is 3. The van der Waals surface area contributed by atoms with Crippen LogP contribution in [0.3, 0.4) is 0 Å². The van der Waals surface area contributed by atoms with Crippen LogP contribution >= 0.6 is 0 Å². The molecule has 0 radical (unpaired) electrons. The van der Waals surface area contributed by atoms with Gasteiger partial charge >= 0.3 is 11.9 Å². The third-order valence-electron chi connectivity index (χ3n) is 4.01. The Morgan fingerprint density at radius 1 is 0.962 bits per heavy atom. The number of carboxylic acids is 2. The van der Waals surface area contributed by atoms with Gasteiger partial charge in [-0.05, 0) is 6.42 Å². The van der Waals surface area contributed by atoms with Crippen molar-refractivity contribution in [2.24, 2.45) is 0 Å². The van der Waals surface area contributed by atoms with Crippen LogP contribution in [0.1, 0.15) is 12.8 Å². The number of amides is 2. The Labute approximate surface area is 151 Å². The molecule has 10 heteroatoms. The van der Waals surface area contributed by atoms with Gasteiger partial charge in [0.2, 0.25) is 11.8 Å². The molecule has 0 aliphatic carbocycles. The first-order valence-corrected chi connectivity index (χ1v) is 8.36. The van der Waals surface area contributed by atoms with E-state index in [1.54, 1.807) is 4.90 Å². The number of aliphatic hydroxyl groups is 1. The fourth-order valence-electron chi connectivity index (χ4n) is 2.64. The molecule has 0 aromatic carbocycles. The van der Waals surface area contributed by atoms with Gasteiger partial charge in [-0.15, -0.1) is 0 Å². The molecule has 146 valence electrons. The molecule has 2 amide bonds. The van der Waals surface area contributed by atoms with Crippen LogP contribution in [0.5, 0.6) is 0 Å². The van der Waals surface area contributed by atoms with E-state index in [1.807, 2.05) is 4.90 Å². The predicted molar refractivity (Wildman–Crippen MR) is 90.3 cm³/mol. The van der Waals surface area contributed by atoms with Crippen LogP contribution in [0, 0.1) is 0 Å². The third-order valence-corrected chi connectivity index (χ3v) is 4.01. The van der Waals surface area contributed by atoms with Gasteiger partial charge in [0.05, 0.1) is 13.2 Å². The minimum absolute atomic E-state index is 0.0499. The van der Waals surface area contributed by atoms with E-state index in [4.69, 9.17) is 15.3 Å². The number of nitrogens with zero attached hydrogens (tertiary/aromatic N) is 3. The molecule has 2 aliphatic heterocycles. The van der Waals surface area contributed by atoms with Crippen LogP contribution in [-0.4, -0.2) is 106 Å². The summed E-state index contributed by atoms with van der Waals surface area (Å²) in [4.78, 5) is 48.2. The summed E-state index contributed by atoms with van der Waals surface area (Å²) in [6, 6.07) is 0. The average Bonchev–Trinajstić information content (AvgIpc) is 2.99. The largest absolute Gasteiger partial charge is 0.478 e. The Morgan fingerprint density at radius 2 is 1.54 bits per heavy atom. The highest BCUT2D eigenvalue weighted by molar-refractivity contribution is 5.89. The first-order chi connectivity index (χ1) is 12.3. The molecule has 0 aromatic heterocycles. The van der Waals surface area contributed by atoms with E-state index in [9.17, 15) is 19.2 Å². The summed E-state index contributed by atoms with van der Waals surface area (Å²) in [6.45, 7) is 4.79. The second-order valence-corrected chi connectivity index (χ2v) is 5.87. The molecule has 2 saturated heterocycles. The summed E-state index contributed by atoms with van der Waals surface area (Å²) >= 11 is 0. The third kappa shape index (κ3) is 8.08. The smallest absolute Gasteiger partial charge is 0.328 e. The number of carbonyl (C=O) groups excluding carboxylic acids is 2. The van der Waals surface area contributed by atoms with Crippen molar-refractivity contribution in [1.29, 1.82) is 0 Å². The van der Waals surface area contributed by atoms with E-state index in [1.165, 1.54) is 0 Å². The molecule has 2 fully saturated rings. The van der Waals surface area contributed by atoms with Gasteiger partial charge in [0.25, 0.3) is 0 Å². The molecule has 3 N–H and O–H groups in total. The van der Waals surface area contributed by atoms with Crippen LogP contribution in [0.2, 0.25) is 0 Å². The summed E-state index contributed by atoms with van der Waals surface area (Å²) in [6.07, 6.45) is 2.57. The molecule has 10 nitrogen and oxygen atoms in total. The molecule has 0 aromatic rings. The molecule has 0 saturated carbocycles. The van der Waals surface area contributed by atoms with Crippen molar-refractivity contribution in [3.8, 4) is 0 Å². The van der Waals surface area contributed by atoms with Crippen LogP contribution in [-0.2, 0) is 19.2 Å². The quantitative estimate of drug-likeness (QED) is 0.477. The van der Waals surface area contributed by atoms with Gasteiger partial charge in [0, 0.05) is 57.8 Å². The Bertz CT molecular complexity index is 526. The van der Waals surface area contributed by atoms with Crippen molar-refractivity contribution in [1.82, 2.24) is 14.7 Å². The molecule has 2 rings (SSSR count). The SMILES string of the molecule is O=C(CN1CCCC1=O)N1CCN(CCO)CC1.O=C(O)/C=C/C(=O)O. The second kappa shape index (κ2) is 11.2. The van der Waals surface area contributed by atoms with Gasteiger partial charge in [-0.3, -0.25) is 14.5 Å². The standard InChI is InChI=1S/C12H21N3O3.C4H4O4/c16-9-8-13-4-6-14(7-5-13)12(18)10-15-3-1-2-11(15)17;5-3(6)1-2-4(7)8/h16H,1-10H2;1-2H,(H,5,6)(H,7,8)/b;2-1+. The molecule has 2 heterocycles. The number of likely N-dealkylation sites (tertiary alicyclic amines) is 1. The Hall–Kier alpha value is -2.46. The van der Waals surface area contributed by atoms with Crippen molar-refractivity contribution in [3.63, 3.8) is 0 Å². The van der Waals surface area contributed by atoms with Crippen molar-refractivity contribution in [2.75, 3.05) is 52.4 Å². The minimum atomic E-state index is -1.26. The summed E-state index contributed by atoms with van der Waals surface area (Å²) in [5, 5.41) is 24.5. The number of carboxylic acid groups (broad SMARTS) is 2. The fourth-order valence-corrected chi connectivity index (χ4v) is 2.64. The lowest BCUT2D eigenvalue weighted by Crippen LogP contribution is -2.51. The zero-order valence-corrected chi connectivity index (χ0v) is 14.5. The monoisotopic (exact) mass is 371 g/mol. The lowest BCUT2D eigenvalue weighted by molar-refractivity contribution is -0.139. The molecule has 0 spiro atoms. The first-order valence-electron chi connectivity index (χ1n) is 8.36. The maximum absolute atomic E-state index is 12.0. The van der Waals surface area contributed by atoms with Crippen LogP contribution in [0.4, 0.5) is 0 Å². The van der Waals surface area contributed by atoms with E-state index in [-0.39, 0.29) is 25.0 Å². The van der Waals surface area contributed by atoms with Gasteiger partial charge in [0.15, 0.2) is 0 Å². The van der Waals surface area contributed by atoms with Crippen molar-refractivity contribution < 1.29 is 34.5 Å². The van der Waals surface area contributed by atoms with Gasteiger partial charge in [-0.25, -0.2) is 9.59 Å². The molecule has 0 bridgehead atoms. The number of aliphatic carboxylic acids is 2. The van der Waals surface area contributed by atoms with E-state index in [0.717, 1.165) is 26.1 Å². The number of carbonyl (C=O) groups is 4. The zero-order chi connectivity index (χ0) is 19.5. The molecular formula is C16H25N3O7. The summed E-state index contributed by atoms with van der Waals surface area (Å²) in [5.74, 6) is -2.36.